The predicted molar refractivity (Wildman–Crippen MR) is 84.7 cm³/mol. The van der Waals surface area contributed by atoms with Crippen LogP contribution in [0.1, 0.15) is 47.5 Å². The Balaban J connectivity index is 2.35. The Bertz CT molecular complexity index is 315. The number of hydrogen-bond donors (Lipinski definition) is 1. The molecule has 0 amide bonds. The summed E-state index contributed by atoms with van der Waals surface area (Å²) in [6.07, 6.45) is 2.12. The second-order valence-corrected chi connectivity index (χ2v) is 6.63. The van der Waals surface area contributed by atoms with Crippen LogP contribution in [-0.2, 0) is 0 Å². The van der Waals surface area contributed by atoms with E-state index in [1.165, 1.54) is 6.42 Å². The van der Waals surface area contributed by atoms with Gasteiger partial charge in [0.1, 0.15) is 5.54 Å². The molecule has 1 fully saturated rings. The van der Waals surface area contributed by atoms with Crippen molar-refractivity contribution < 1.29 is 0 Å². The quantitative estimate of drug-likeness (QED) is 0.775. The fourth-order valence-corrected chi connectivity index (χ4v) is 2.87. The molecular formula is C16H32N4. The number of nitriles is 1. The molecule has 2 unspecified atom stereocenters. The van der Waals surface area contributed by atoms with E-state index in [4.69, 9.17) is 0 Å². The van der Waals surface area contributed by atoms with Gasteiger partial charge in [0.2, 0.25) is 0 Å². The zero-order valence-corrected chi connectivity index (χ0v) is 13.9. The lowest BCUT2D eigenvalue weighted by atomic mass is 9.98. The second kappa shape index (κ2) is 7.97. The summed E-state index contributed by atoms with van der Waals surface area (Å²) in [6, 6.07) is 3.48. The standard InChI is InChI=1S/C16H32N4/c1-6-15(4)20-11-9-19(10-12-20)8-7-16(5,13-17)18-14(2)3/h14-15,18H,6-12H2,1-5H3. The van der Waals surface area contributed by atoms with E-state index in [-0.39, 0.29) is 0 Å². The van der Waals surface area contributed by atoms with Gasteiger partial charge >= 0.3 is 0 Å². The third kappa shape index (κ3) is 5.40. The molecule has 1 heterocycles. The van der Waals surface area contributed by atoms with Gasteiger partial charge in [0.05, 0.1) is 6.07 Å². The molecule has 0 aromatic rings. The maximum absolute atomic E-state index is 9.37. The van der Waals surface area contributed by atoms with Gasteiger partial charge in [-0.2, -0.15) is 5.26 Å². The highest BCUT2D eigenvalue weighted by atomic mass is 15.3. The molecule has 0 saturated carbocycles. The molecule has 20 heavy (non-hydrogen) atoms. The minimum Gasteiger partial charge on any atom is -0.301 e. The minimum absolute atomic E-state index is 0.349. The van der Waals surface area contributed by atoms with Gasteiger partial charge in [-0.05, 0) is 40.5 Å². The first-order valence-corrected chi connectivity index (χ1v) is 8.05. The predicted octanol–water partition coefficient (Wildman–Crippen LogP) is 2.07. The van der Waals surface area contributed by atoms with E-state index in [1.807, 2.05) is 6.92 Å². The largest absolute Gasteiger partial charge is 0.301 e. The minimum atomic E-state index is -0.401. The lowest BCUT2D eigenvalue weighted by molar-refractivity contribution is 0.0958. The highest BCUT2D eigenvalue weighted by molar-refractivity contribution is 5.04. The lowest BCUT2D eigenvalue weighted by Crippen LogP contribution is -2.52. The van der Waals surface area contributed by atoms with Crippen molar-refractivity contribution in [1.29, 1.82) is 5.26 Å². The normalized spacial score (nSPS) is 22.4. The Labute approximate surface area is 125 Å². The van der Waals surface area contributed by atoms with Gasteiger partial charge in [-0.15, -0.1) is 0 Å². The van der Waals surface area contributed by atoms with Crippen LogP contribution in [-0.4, -0.2) is 60.1 Å². The number of hydrogen-bond acceptors (Lipinski definition) is 4. The van der Waals surface area contributed by atoms with Crippen molar-refractivity contribution in [2.45, 2.75) is 65.1 Å². The molecule has 1 aliphatic heterocycles. The van der Waals surface area contributed by atoms with Crippen molar-refractivity contribution in [3.8, 4) is 6.07 Å². The zero-order valence-electron chi connectivity index (χ0n) is 13.9. The summed E-state index contributed by atoms with van der Waals surface area (Å²) < 4.78 is 0. The Morgan fingerprint density at radius 3 is 2.25 bits per heavy atom. The van der Waals surface area contributed by atoms with Gasteiger partial charge in [0.15, 0.2) is 0 Å². The van der Waals surface area contributed by atoms with Gasteiger partial charge < -0.3 is 4.90 Å². The van der Waals surface area contributed by atoms with E-state index in [9.17, 15) is 5.26 Å². The van der Waals surface area contributed by atoms with Crippen LogP contribution >= 0.6 is 0 Å². The first kappa shape index (κ1) is 17.4. The van der Waals surface area contributed by atoms with Gasteiger partial charge in [-0.1, -0.05) is 6.92 Å². The van der Waals surface area contributed by atoms with Crippen LogP contribution in [0.3, 0.4) is 0 Å². The molecule has 2 atom stereocenters. The lowest BCUT2D eigenvalue weighted by Gasteiger charge is -2.39. The Morgan fingerprint density at radius 2 is 1.80 bits per heavy atom. The molecule has 0 aliphatic carbocycles. The van der Waals surface area contributed by atoms with Crippen molar-refractivity contribution in [3.63, 3.8) is 0 Å². The Morgan fingerprint density at radius 1 is 1.20 bits per heavy atom. The molecule has 0 aromatic heterocycles. The van der Waals surface area contributed by atoms with Crippen molar-refractivity contribution in [2.75, 3.05) is 32.7 Å². The summed E-state index contributed by atoms with van der Waals surface area (Å²) in [5.74, 6) is 0. The van der Waals surface area contributed by atoms with Gasteiger partial charge in [0, 0.05) is 44.8 Å². The van der Waals surface area contributed by atoms with Crippen LogP contribution in [0.25, 0.3) is 0 Å². The summed E-state index contributed by atoms with van der Waals surface area (Å²) in [7, 11) is 0. The maximum Gasteiger partial charge on any atom is 0.105 e. The number of nitrogens with zero attached hydrogens (tertiary/aromatic N) is 3. The van der Waals surface area contributed by atoms with Gasteiger partial charge in [-0.25, -0.2) is 0 Å². The SMILES string of the molecule is CCC(C)N1CCN(CCC(C)(C#N)NC(C)C)CC1. The second-order valence-electron chi connectivity index (χ2n) is 6.63. The van der Waals surface area contributed by atoms with E-state index in [0.717, 1.165) is 39.1 Å². The molecule has 4 nitrogen and oxygen atoms in total. The zero-order chi connectivity index (χ0) is 15.2. The monoisotopic (exact) mass is 280 g/mol. The van der Waals surface area contributed by atoms with E-state index in [1.54, 1.807) is 0 Å². The van der Waals surface area contributed by atoms with Crippen LogP contribution in [0.15, 0.2) is 0 Å². The summed E-state index contributed by atoms with van der Waals surface area (Å²) in [4.78, 5) is 5.07. The molecule has 1 rings (SSSR count). The van der Waals surface area contributed by atoms with Crippen LogP contribution in [0, 0.1) is 11.3 Å². The molecule has 4 heteroatoms. The van der Waals surface area contributed by atoms with Crippen molar-refractivity contribution in [3.05, 3.63) is 0 Å². The van der Waals surface area contributed by atoms with Crippen molar-refractivity contribution in [2.24, 2.45) is 0 Å². The molecule has 0 aromatic carbocycles. The van der Waals surface area contributed by atoms with Crippen molar-refractivity contribution >= 4 is 0 Å². The number of piperazine rings is 1. The van der Waals surface area contributed by atoms with E-state index in [0.29, 0.717) is 12.1 Å². The summed E-state index contributed by atoms with van der Waals surface area (Å²) in [5.41, 5.74) is -0.401. The highest BCUT2D eigenvalue weighted by Crippen LogP contribution is 2.13. The molecule has 0 radical (unpaired) electrons. The summed E-state index contributed by atoms with van der Waals surface area (Å²) in [5, 5.41) is 12.8. The smallest absolute Gasteiger partial charge is 0.105 e. The topological polar surface area (TPSA) is 42.3 Å². The van der Waals surface area contributed by atoms with Crippen LogP contribution in [0.2, 0.25) is 0 Å². The number of nitrogens with one attached hydrogen (secondary N) is 1. The van der Waals surface area contributed by atoms with E-state index >= 15 is 0 Å². The van der Waals surface area contributed by atoms with Crippen LogP contribution in [0.4, 0.5) is 0 Å². The van der Waals surface area contributed by atoms with Gasteiger partial charge in [0.25, 0.3) is 0 Å². The van der Waals surface area contributed by atoms with Gasteiger partial charge in [-0.3, -0.25) is 10.2 Å². The fourth-order valence-electron chi connectivity index (χ4n) is 2.87. The average Bonchev–Trinajstić information content (AvgIpc) is 2.44. The Hall–Kier alpha value is -0.630. The molecule has 1 N–H and O–H groups in total. The first-order valence-electron chi connectivity index (χ1n) is 8.05. The summed E-state index contributed by atoms with van der Waals surface area (Å²) in [6.45, 7) is 16.4. The molecule has 0 spiro atoms. The third-order valence-corrected chi connectivity index (χ3v) is 4.40. The van der Waals surface area contributed by atoms with Crippen LogP contribution in [0.5, 0.6) is 0 Å². The van der Waals surface area contributed by atoms with Crippen LogP contribution < -0.4 is 5.32 Å². The third-order valence-electron chi connectivity index (χ3n) is 4.40. The molecule has 0 bridgehead atoms. The molecular weight excluding hydrogens is 248 g/mol. The van der Waals surface area contributed by atoms with E-state index < -0.39 is 5.54 Å². The summed E-state index contributed by atoms with van der Waals surface area (Å²) >= 11 is 0. The fraction of sp³-hybridized carbons (Fsp3) is 0.938. The average molecular weight is 280 g/mol. The van der Waals surface area contributed by atoms with E-state index in [2.05, 4.69) is 48.9 Å². The Kier molecular flexibility index (Phi) is 6.94. The highest BCUT2D eigenvalue weighted by Gasteiger charge is 2.26. The molecule has 1 saturated heterocycles. The van der Waals surface area contributed by atoms with Crippen molar-refractivity contribution in [1.82, 2.24) is 15.1 Å². The molecule has 1 aliphatic rings. The maximum atomic E-state index is 9.37. The first-order chi connectivity index (χ1) is 9.40. The number of rotatable bonds is 7. The molecule has 116 valence electrons.